The van der Waals surface area contributed by atoms with E-state index in [0.717, 1.165) is 35.6 Å². The predicted molar refractivity (Wildman–Crippen MR) is 72.5 cm³/mol. The van der Waals surface area contributed by atoms with E-state index in [1.165, 1.54) is 0 Å². The van der Waals surface area contributed by atoms with E-state index in [1.807, 2.05) is 0 Å². The van der Waals surface area contributed by atoms with Gasteiger partial charge >= 0.3 is 0 Å². The molecule has 0 spiro atoms. The van der Waals surface area contributed by atoms with Crippen molar-refractivity contribution in [1.82, 2.24) is 0 Å². The molecule has 0 amide bonds. The van der Waals surface area contributed by atoms with E-state index < -0.39 is 0 Å². The molecule has 1 aliphatic heterocycles. The molecule has 1 heterocycles. The fourth-order valence-corrected chi connectivity index (χ4v) is 2.65. The lowest BCUT2D eigenvalue weighted by Crippen LogP contribution is -2.18. The van der Waals surface area contributed by atoms with Crippen molar-refractivity contribution in [3.63, 3.8) is 0 Å². The van der Waals surface area contributed by atoms with Gasteiger partial charge in [-0.15, -0.1) is 0 Å². The van der Waals surface area contributed by atoms with E-state index in [0.29, 0.717) is 36.8 Å². The van der Waals surface area contributed by atoms with Crippen molar-refractivity contribution in [3.8, 4) is 11.5 Å². The maximum Gasteiger partial charge on any atom is 0.172 e. The lowest BCUT2D eigenvalue weighted by atomic mass is 10.0. The molecule has 0 aromatic heterocycles. The van der Waals surface area contributed by atoms with Gasteiger partial charge in [-0.3, -0.25) is 4.79 Å². The highest BCUT2D eigenvalue weighted by atomic mass is 79.9. The average Bonchev–Trinajstić information content (AvgIpc) is 2.41. The Kier molecular flexibility index (Phi) is 4.60. The van der Waals surface area contributed by atoms with Gasteiger partial charge in [0.25, 0.3) is 0 Å². The minimum atomic E-state index is 0.484. The first kappa shape index (κ1) is 13.4. The monoisotopic (exact) mass is 313 g/mol. The Labute approximate surface area is 115 Å². The Hall–Kier alpha value is -1.07. The van der Waals surface area contributed by atoms with Crippen LogP contribution >= 0.6 is 15.9 Å². The maximum absolute atomic E-state index is 11.0. The summed E-state index contributed by atoms with van der Waals surface area (Å²) < 4.78 is 12.1. The minimum absolute atomic E-state index is 0.484. The number of benzene rings is 1. The highest BCUT2D eigenvalue weighted by Crippen LogP contribution is 2.41. The Morgan fingerprint density at radius 3 is 2.67 bits per heavy atom. The number of nitrogens with two attached hydrogens (primary N) is 1. The van der Waals surface area contributed by atoms with Crippen LogP contribution in [-0.4, -0.2) is 26.0 Å². The number of hydrogen-bond donors (Lipinski definition) is 1. The summed E-state index contributed by atoms with van der Waals surface area (Å²) in [6.45, 7) is 1.69. The summed E-state index contributed by atoms with van der Waals surface area (Å²) in [7, 11) is 0. The van der Waals surface area contributed by atoms with Crippen molar-refractivity contribution in [3.05, 3.63) is 21.7 Å². The molecule has 0 fully saturated rings. The summed E-state index contributed by atoms with van der Waals surface area (Å²) in [6, 6.07) is 1.79. The van der Waals surface area contributed by atoms with Crippen molar-refractivity contribution in [2.24, 2.45) is 5.73 Å². The number of carbonyl (C=O) groups excluding carboxylic acids is 1. The van der Waals surface area contributed by atoms with Crippen molar-refractivity contribution in [1.29, 1.82) is 0 Å². The van der Waals surface area contributed by atoms with E-state index in [-0.39, 0.29) is 0 Å². The molecule has 98 valence electrons. The Morgan fingerprint density at radius 2 is 2.00 bits per heavy atom. The lowest BCUT2D eigenvalue weighted by molar-refractivity contribution is 0.111. The SMILES string of the molecule is NCCCCc1c(Br)cc(C=O)c2c1OCCO2. The third-order valence-electron chi connectivity index (χ3n) is 2.90. The van der Waals surface area contributed by atoms with Gasteiger partial charge < -0.3 is 15.2 Å². The van der Waals surface area contributed by atoms with Crippen molar-refractivity contribution in [2.45, 2.75) is 19.3 Å². The first-order chi connectivity index (χ1) is 8.77. The van der Waals surface area contributed by atoms with Gasteiger partial charge in [-0.2, -0.15) is 0 Å². The second-order valence-electron chi connectivity index (χ2n) is 4.14. The van der Waals surface area contributed by atoms with Crippen LogP contribution in [-0.2, 0) is 6.42 Å². The molecule has 18 heavy (non-hydrogen) atoms. The van der Waals surface area contributed by atoms with Gasteiger partial charge in [0.2, 0.25) is 0 Å². The van der Waals surface area contributed by atoms with Crippen LogP contribution in [0.4, 0.5) is 0 Å². The second-order valence-corrected chi connectivity index (χ2v) is 5.00. The van der Waals surface area contributed by atoms with Gasteiger partial charge in [0, 0.05) is 10.0 Å². The molecule has 1 aliphatic rings. The standard InChI is InChI=1S/C13H16BrNO3/c14-11-7-9(8-16)12-13(18-6-5-17-12)10(11)3-1-2-4-15/h7-8H,1-6,15H2. The van der Waals surface area contributed by atoms with Crippen molar-refractivity contribution < 1.29 is 14.3 Å². The van der Waals surface area contributed by atoms with Gasteiger partial charge in [0.15, 0.2) is 17.8 Å². The zero-order valence-corrected chi connectivity index (χ0v) is 11.7. The van der Waals surface area contributed by atoms with Gasteiger partial charge in [-0.05, 0) is 31.9 Å². The van der Waals surface area contributed by atoms with Crippen LogP contribution < -0.4 is 15.2 Å². The number of aldehydes is 1. The Balaban J connectivity index is 2.35. The molecule has 5 heteroatoms. The maximum atomic E-state index is 11.0. The molecule has 0 saturated carbocycles. The quantitative estimate of drug-likeness (QED) is 0.669. The molecular weight excluding hydrogens is 298 g/mol. The molecule has 0 unspecified atom stereocenters. The van der Waals surface area contributed by atoms with Gasteiger partial charge in [0.05, 0.1) is 5.56 Å². The Bertz CT molecular complexity index is 448. The highest BCUT2D eigenvalue weighted by Gasteiger charge is 2.22. The van der Waals surface area contributed by atoms with Crippen LogP contribution in [0.5, 0.6) is 11.5 Å². The molecule has 0 saturated heterocycles. The fraction of sp³-hybridized carbons (Fsp3) is 0.462. The van der Waals surface area contributed by atoms with E-state index in [4.69, 9.17) is 15.2 Å². The topological polar surface area (TPSA) is 61.6 Å². The Morgan fingerprint density at radius 1 is 1.28 bits per heavy atom. The van der Waals surface area contributed by atoms with Crippen molar-refractivity contribution in [2.75, 3.05) is 19.8 Å². The molecule has 1 aromatic carbocycles. The number of fused-ring (bicyclic) bond motifs is 1. The van der Waals surface area contributed by atoms with Gasteiger partial charge in [-0.1, -0.05) is 15.9 Å². The summed E-state index contributed by atoms with van der Waals surface area (Å²) in [6.07, 6.45) is 3.62. The van der Waals surface area contributed by atoms with Gasteiger partial charge in [-0.25, -0.2) is 0 Å². The van der Waals surface area contributed by atoms with Crippen LogP contribution in [0.1, 0.15) is 28.8 Å². The van der Waals surface area contributed by atoms with Crippen LogP contribution in [0.15, 0.2) is 10.5 Å². The third kappa shape index (κ3) is 2.67. The number of halogens is 1. The van der Waals surface area contributed by atoms with Crippen LogP contribution in [0.25, 0.3) is 0 Å². The number of unbranched alkanes of at least 4 members (excludes halogenated alkanes) is 1. The minimum Gasteiger partial charge on any atom is -0.486 e. The van der Waals surface area contributed by atoms with Gasteiger partial charge in [0.1, 0.15) is 13.2 Å². The first-order valence-electron chi connectivity index (χ1n) is 6.04. The number of ether oxygens (including phenoxy) is 2. The summed E-state index contributed by atoms with van der Waals surface area (Å²) >= 11 is 3.49. The molecule has 0 aliphatic carbocycles. The molecule has 0 atom stereocenters. The van der Waals surface area contributed by atoms with E-state index in [2.05, 4.69) is 15.9 Å². The fourth-order valence-electron chi connectivity index (χ4n) is 2.02. The zero-order valence-electron chi connectivity index (χ0n) is 10.1. The average molecular weight is 314 g/mol. The van der Waals surface area contributed by atoms with Crippen LogP contribution in [0.2, 0.25) is 0 Å². The largest absolute Gasteiger partial charge is 0.486 e. The molecule has 2 rings (SSSR count). The smallest absolute Gasteiger partial charge is 0.172 e. The number of rotatable bonds is 5. The zero-order chi connectivity index (χ0) is 13.0. The summed E-state index contributed by atoms with van der Waals surface area (Å²) in [5.74, 6) is 1.27. The molecular formula is C13H16BrNO3. The second kappa shape index (κ2) is 6.20. The predicted octanol–water partition coefficient (Wildman–Crippen LogP) is 2.31. The van der Waals surface area contributed by atoms with Crippen LogP contribution in [0.3, 0.4) is 0 Å². The summed E-state index contributed by atoms with van der Waals surface area (Å²) in [5.41, 5.74) is 7.09. The normalized spacial score (nSPS) is 13.4. The molecule has 1 aromatic rings. The molecule has 2 N–H and O–H groups in total. The lowest BCUT2D eigenvalue weighted by Gasteiger charge is -2.23. The van der Waals surface area contributed by atoms with E-state index in [9.17, 15) is 4.79 Å². The van der Waals surface area contributed by atoms with E-state index >= 15 is 0 Å². The highest BCUT2D eigenvalue weighted by molar-refractivity contribution is 9.10. The first-order valence-corrected chi connectivity index (χ1v) is 6.83. The number of carbonyl (C=O) groups is 1. The van der Waals surface area contributed by atoms with E-state index in [1.54, 1.807) is 6.07 Å². The van der Waals surface area contributed by atoms with Crippen LogP contribution in [0, 0.1) is 0 Å². The van der Waals surface area contributed by atoms with Crippen molar-refractivity contribution >= 4 is 22.2 Å². The number of hydrogen-bond acceptors (Lipinski definition) is 4. The summed E-state index contributed by atoms with van der Waals surface area (Å²) in [4.78, 5) is 11.0. The molecule has 4 nitrogen and oxygen atoms in total. The summed E-state index contributed by atoms with van der Waals surface area (Å²) in [5, 5.41) is 0. The molecule has 0 radical (unpaired) electrons. The molecule has 0 bridgehead atoms. The third-order valence-corrected chi connectivity index (χ3v) is 3.60.